The number of aromatic amines is 1. The number of thiophene rings is 1. The lowest BCUT2D eigenvalue weighted by Crippen LogP contribution is -2.85. The summed E-state index contributed by atoms with van der Waals surface area (Å²) in [5.74, 6) is 1.43. The zero-order valence-corrected chi connectivity index (χ0v) is 17.5. The van der Waals surface area contributed by atoms with Crippen molar-refractivity contribution in [2.45, 2.75) is 52.1 Å². The average molecular weight is 403 g/mol. The average Bonchev–Trinajstić information content (AvgIpc) is 2.99. The van der Waals surface area contributed by atoms with Gasteiger partial charge in [0.25, 0.3) is 5.56 Å². The lowest BCUT2D eigenvalue weighted by atomic mass is 9.89. The molecular formula is C21H25ClN3OS+. The third-order valence-electron chi connectivity index (χ3n) is 5.57. The number of nitrogens with one attached hydrogen (secondary N) is 1. The minimum absolute atomic E-state index is 0.0118. The molecule has 0 bridgehead atoms. The number of benzene rings is 1. The van der Waals surface area contributed by atoms with Crippen molar-refractivity contribution in [1.29, 1.82) is 0 Å². The standard InChI is InChI=1S/C21H24ClN3OS/c1-11-7-8-16-17(9-11)27-21-18(16)20(26)24-19(25-21)13(3)23-12(2)14-5-4-6-15(22)10-14/h4-6,10-13,23H,7-9H2,1-3H3,(H,24,25,26)/p+1/t11-,12-,13+/m0/s1. The first-order valence-electron chi connectivity index (χ1n) is 9.57. The fourth-order valence-corrected chi connectivity index (χ4v) is 5.60. The van der Waals surface area contributed by atoms with Crippen molar-refractivity contribution in [1.82, 2.24) is 9.97 Å². The normalized spacial score (nSPS) is 19.0. The van der Waals surface area contributed by atoms with Gasteiger partial charge in [-0.2, -0.15) is 0 Å². The van der Waals surface area contributed by atoms with E-state index in [0.717, 1.165) is 40.3 Å². The molecule has 4 nitrogen and oxygen atoms in total. The van der Waals surface area contributed by atoms with E-state index < -0.39 is 0 Å². The van der Waals surface area contributed by atoms with Crippen molar-refractivity contribution in [2.24, 2.45) is 5.92 Å². The fraction of sp³-hybridized carbons (Fsp3) is 0.429. The summed E-state index contributed by atoms with van der Waals surface area (Å²) in [6, 6.07) is 8.19. The summed E-state index contributed by atoms with van der Waals surface area (Å²) in [7, 11) is 0. The van der Waals surface area contributed by atoms with Crippen molar-refractivity contribution < 1.29 is 5.32 Å². The van der Waals surface area contributed by atoms with Crippen LogP contribution in [0.1, 0.15) is 61.1 Å². The number of hydrogen-bond acceptors (Lipinski definition) is 3. The highest BCUT2D eigenvalue weighted by Gasteiger charge is 2.25. The first kappa shape index (κ1) is 18.7. The Bertz CT molecular complexity index is 1040. The van der Waals surface area contributed by atoms with Gasteiger partial charge >= 0.3 is 0 Å². The Kier molecular flexibility index (Phi) is 5.10. The molecule has 27 heavy (non-hydrogen) atoms. The van der Waals surface area contributed by atoms with Gasteiger partial charge in [-0.3, -0.25) is 4.79 Å². The fourth-order valence-electron chi connectivity index (χ4n) is 4.01. The molecule has 1 aromatic carbocycles. The number of H-pyrrole nitrogens is 1. The van der Waals surface area contributed by atoms with Crippen LogP contribution in [0.4, 0.5) is 0 Å². The number of aromatic nitrogens is 2. The van der Waals surface area contributed by atoms with E-state index in [1.54, 1.807) is 11.3 Å². The SMILES string of the molecule is C[C@H]1CCc2c(sc3nc([C@@H](C)[NH2+][C@@H](C)c4cccc(Cl)c4)[nH]c(=O)c23)C1. The lowest BCUT2D eigenvalue weighted by Gasteiger charge is -2.17. The topological polar surface area (TPSA) is 62.4 Å². The molecule has 0 saturated carbocycles. The summed E-state index contributed by atoms with van der Waals surface area (Å²) >= 11 is 7.82. The maximum Gasteiger partial charge on any atom is 0.260 e. The van der Waals surface area contributed by atoms with E-state index in [1.165, 1.54) is 16.0 Å². The number of nitrogens with two attached hydrogens (primary N) is 1. The van der Waals surface area contributed by atoms with Crippen LogP contribution in [0.2, 0.25) is 5.02 Å². The molecule has 6 heteroatoms. The van der Waals surface area contributed by atoms with Gasteiger partial charge in [0.1, 0.15) is 16.9 Å². The van der Waals surface area contributed by atoms with Crippen LogP contribution < -0.4 is 10.9 Å². The van der Waals surface area contributed by atoms with E-state index in [1.807, 2.05) is 18.2 Å². The van der Waals surface area contributed by atoms with Gasteiger partial charge in [0.2, 0.25) is 0 Å². The third-order valence-corrected chi connectivity index (χ3v) is 6.95. The molecule has 0 spiro atoms. The third kappa shape index (κ3) is 3.68. The largest absolute Gasteiger partial charge is 0.332 e. The van der Waals surface area contributed by atoms with Crippen LogP contribution in [0, 0.1) is 5.92 Å². The zero-order valence-electron chi connectivity index (χ0n) is 15.9. The molecule has 0 aliphatic heterocycles. The van der Waals surface area contributed by atoms with E-state index >= 15 is 0 Å². The first-order valence-corrected chi connectivity index (χ1v) is 10.8. The maximum atomic E-state index is 12.8. The number of hydrogen-bond donors (Lipinski definition) is 2. The van der Waals surface area contributed by atoms with Gasteiger partial charge in [0.05, 0.1) is 5.39 Å². The smallest absolute Gasteiger partial charge is 0.260 e. The second-order valence-corrected chi connectivity index (χ2v) is 9.33. The van der Waals surface area contributed by atoms with Crippen molar-refractivity contribution in [3.05, 3.63) is 61.5 Å². The maximum absolute atomic E-state index is 12.8. The van der Waals surface area contributed by atoms with Gasteiger partial charge < -0.3 is 10.3 Å². The Morgan fingerprint density at radius 2 is 2.15 bits per heavy atom. The van der Waals surface area contributed by atoms with Gasteiger partial charge in [0, 0.05) is 15.5 Å². The molecule has 1 aliphatic carbocycles. The quantitative estimate of drug-likeness (QED) is 0.688. The van der Waals surface area contributed by atoms with Crippen LogP contribution in [0.15, 0.2) is 29.1 Å². The Morgan fingerprint density at radius 1 is 1.33 bits per heavy atom. The van der Waals surface area contributed by atoms with Gasteiger partial charge in [-0.05, 0) is 56.7 Å². The van der Waals surface area contributed by atoms with Crippen LogP contribution in [0.3, 0.4) is 0 Å². The van der Waals surface area contributed by atoms with Crippen LogP contribution in [0.5, 0.6) is 0 Å². The Labute approximate surface area is 168 Å². The Balaban J connectivity index is 1.62. The number of rotatable bonds is 4. The molecule has 142 valence electrons. The van der Waals surface area contributed by atoms with E-state index in [-0.39, 0.29) is 17.6 Å². The molecule has 2 heterocycles. The first-order chi connectivity index (χ1) is 12.9. The van der Waals surface area contributed by atoms with E-state index in [0.29, 0.717) is 5.92 Å². The van der Waals surface area contributed by atoms with E-state index in [4.69, 9.17) is 16.6 Å². The molecule has 4 rings (SSSR count). The minimum Gasteiger partial charge on any atom is -0.332 e. The molecule has 0 amide bonds. The molecule has 3 aromatic rings. The van der Waals surface area contributed by atoms with Crippen LogP contribution in [0.25, 0.3) is 10.2 Å². The molecule has 0 saturated heterocycles. The zero-order chi connectivity index (χ0) is 19.1. The predicted octanol–water partition coefficient (Wildman–Crippen LogP) is 4.15. The lowest BCUT2D eigenvalue weighted by molar-refractivity contribution is -0.729. The number of nitrogens with zero attached hydrogens (tertiary/aromatic N) is 1. The summed E-state index contributed by atoms with van der Waals surface area (Å²) < 4.78 is 0. The molecule has 1 aliphatic rings. The summed E-state index contributed by atoms with van der Waals surface area (Å²) in [5.41, 5.74) is 2.41. The predicted molar refractivity (Wildman–Crippen MR) is 112 cm³/mol. The van der Waals surface area contributed by atoms with Crippen molar-refractivity contribution in [3.63, 3.8) is 0 Å². The number of fused-ring (bicyclic) bond motifs is 3. The van der Waals surface area contributed by atoms with Crippen molar-refractivity contribution >= 4 is 33.2 Å². The number of quaternary nitrogens is 1. The van der Waals surface area contributed by atoms with E-state index in [2.05, 4.69) is 37.1 Å². The Morgan fingerprint density at radius 3 is 2.93 bits per heavy atom. The molecular weight excluding hydrogens is 378 g/mol. The minimum atomic E-state index is 0.0118. The summed E-state index contributed by atoms with van der Waals surface area (Å²) in [6.45, 7) is 6.51. The highest BCUT2D eigenvalue weighted by Crippen LogP contribution is 2.35. The molecule has 2 aromatic heterocycles. The van der Waals surface area contributed by atoms with Crippen LogP contribution in [-0.2, 0) is 12.8 Å². The molecule has 0 fully saturated rings. The number of aryl methyl sites for hydroxylation is 1. The summed E-state index contributed by atoms with van der Waals surface area (Å²) in [5, 5.41) is 3.78. The van der Waals surface area contributed by atoms with Gasteiger partial charge in [-0.15, -0.1) is 11.3 Å². The second-order valence-electron chi connectivity index (χ2n) is 7.81. The van der Waals surface area contributed by atoms with Crippen LogP contribution >= 0.6 is 22.9 Å². The summed E-state index contributed by atoms with van der Waals surface area (Å²) in [4.78, 5) is 22.9. The molecule has 3 N–H and O–H groups in total. The van der Waals surface area contributed by atoms with Gasteiger partial charge in [-0.1, -0.05) is 30.7 Å². The number of halogens is 1. The van der Waals surface area contributed by atoms with E-state index in [9.17, 15) is 4.79 Å². The molecule has 0 unspecified atom stereocenters. The van der Waals surface area contributed by atoms with Crippen molar-refractivity contribution in [3.8, 4) is 0 Å². The van der Waals surface area contributed by atoms with Crippen LogP contribution in [-0.4, -0.2) is 9.97 Å². The molecule has 3 atom stereocenters. The summed E-state index contributed by atoms with van der Waals surface area (Å²) in [6.07, 6.45) is 3.22. The highest BCUT2D eigenvalue weighted by atomic mass is 35.5. The van der Waals surface area contributed by atoms with Gasteiger partial charge in [0.15, 0.2) is 5.82 Å². The molecule has 0 radical (unpaired) electrons. The monoisotopic (exact) mass is 402 g/mol. The Hall–Kier alpha value is -1.69. The van der Waals surface area contributed by atoms with Gasteiger partial charge in [-0.25, -0.2) is 4.98 Å². The highest BCUT2D eigenvalue weighted by molar-refractivity contribution is 7.18. The second kappa shape index (κ2) is 7.38. The van der Waals surface area contributed by atoms with Crippen molar-refractivity contribution in [2.75, 3.05) is 0 Å².